The number of rotatable bonds is 2. The highest BCUT2D eigenvalue weighted by Crippen LogP contribution is 2.48. The molecule has 1 heterocycles. The molecule has 1 aliphatic heterocycles. The molecule has 1 aromatic carbocycles. The number of fused-ring (bicyclic) bond motifs is 4. The zero-order valence-electron chi connectivity index (χ0n) is 14.0. The van der Waals surface area contributed by atoms with Crippen LogP contribution in [0.25, 0.3) is 0 Å². The molecule has 128 valence electrons. The minimum atomic E-state index is -3.13. The molecule has 2 bridgehead atoms. The molecule has 2 fully saturated rings. The zero-order valence-corrected chi connectivity index (χ0v) is 14.8. The summed E-state index contributed by atoms with van der Waals surface area (Å²) >= 11 is 0. The molecule has 5 rings (SSSR count). The highest BCUT2D eigenvalue weighted by molar-refractivity contribution is 7.89. The molecule has 1 spiro atoms. The van der Waals surface area contributed by atoms with E-state index in [1.54, 1.807) is 0 Å². The lowest BCUT2D eigenvalue weighted by molar-refractivity contribution is 0.229. The van der Waals surface area contributed by atoms with Gasteiger partial charge in [0.05, 0.1) is 5.25 Å². The van der Waals surface area contributed by atoms with Crippen molar-refractivity contribution in [3.63, 3.8) is 0 Å². The van der Waals surface area contributed by atoms with Crippen molar-refractivity contribution >= 4 is 10.0 Å². The van der Waals surface area contributed by atoms with Gasteiger partial charge in [-0.05, 0) is 66.9 Å². The molecule has 3 nitrogen and oxygen atoms in total. The monoisotopic (exact) mass is 343 g/mol. The molecule has 24 heavy (non-hydrogen) atoms. The van der Waals surface area contributed by atoms with Crippen LogP contribution >= 0.6 is 0 Å². The van der Waals surface area contributed by atoms with Crippen LogP contribution in [0, 0.1) is 11.8 Å². The molecule has 0 amide bonds. The molecule has 0 radical (unpaired) electrons. The lowest BCUT2D eigenvalue weighted by atomic mass is 9.74. The van der Waals surface area contributed by atoms with E-state index in [0.29, 0.717) is 19.0 Å². The van der Waals surface area contributed by atoms with Gasteiger partial charge in [-0.15, -0.1) is 0 Å². The van der Waals surface area contributed by atoms with Crippen LogP contribution in [0.15, 0.2) is 36.4 Å². The molecule has 3 aliphatic carbocycles. The Morgan fingerprint density at radius 3 is 2.50 bits per heavy atom. The first-order chi connectivity index (χ1) is 11.6. The smallest absolute Gasteiger partial charge is 0.212 e. The number of nitrogens with zero attached hydrogens (tertiary/aromatic N) is 1. The molecule has 4 aliphatic rings. The summed E-state index contributed by atoms with van der Waals surface area (Å²) in [7, 11) is -3.13. The summed E-state index contributed by atoms with van der Waals surface area (Å²) in [5.41, 5.74) is 3.20. The van der Waals surface area contributed by atoms with Gasteiger partial charge in [0.1, 0.15) is 0 Å². The second-order valence-electron chi connectivity index (χ2n) is 8.20. The molecular weight excluding hydrogens is 318 g/mol. The minimum Gasteiger partial charge on any atom is -0.212 e. The summed E-state index contributed by atoms with van der Waals surface area (Å²) in [4.78, 5) is 0. The Bertz CT molecular complexity index is 790. The molecule has 1 aromatic rings. The first-order valence-electron chi connectivity index (χ1n) is 9.34. The number of allylic oxidation sites excluding steroid dienone is 2. The first-order valence-corrected chi connectivity index (χ1v) is 10.8. The average Bonchev–Trinajstić information content (AvgIpc) is 3.31. The zero-order chi connectivity index (χ0) is 16.4. The van der Waals surface area contributed by atoms with E-state index in [1.165, 1.54) is 17.5 Å². The van der Waals surface area contributed by atoms with E-state index in [-0.39, 0.29) is 16.6 Å². The summed E-state index contributed by atoms with van der Waals surface area (Å²) in [5.74, 6) is 0.774. The number of benzene rings is 1. The highest BCUT2D eigenvalue weighted by atomic mass is 32.2. The maximum absolute atomic E-state index is 13.1. The molecule has 0 aromatic heterocycles. The van der Waals surface area contributed by atoms with Crippen molar-refractivity contribution < 1.29 is 8.42 Å². The third-order valence-electron chi connectivity index (χ3n) is 7.10. The van der Waals surface area contributed by atoms with Crippen LogP contribution in [0.3, 0.4) is 0 Å². The van der Waals surface area contributed by atoms with Gasteiger partial charge in [0.25, 0.3) is 0 Å². The van der Waals surface area contributed by atoms with Crippen molar-refractivity contribution in [3.05, 3.63) is 47.5 Å². The van der Waals surface area contributed by atoms with Crippen LogP contribution in [-0.2, 0) is 21.9 Å². The summed E-state index contributed by atoms with van der Waals surface area (Å²) in [6, 6.07) is 8.78. The third-order valence-corrected chi connectivity index (χ3v) is 9.49. The number of hydrogen-bond acceptors (Lipinski definition) is 2. The highest BCUT2D eigenvalue weighted by Gasteiger charge is 2.48. The van der Waals surface area contributed by atoms with E-state index in [9.17, 15) is 8.42 Å². The largest absolute Gasteiger partial charge is 0.217 e. The van der Waals surface area contributed by atoms with E-state index < -0.39 is 10.0 Å². The van der Waals surface area contributed by atoms with E-state index in [2.05, 4.69) is 36.4 Å². The maximum Gasteiger partial charge on any atom is 0.217 e. The Labute approximate surface area is 144 Å². The van der Waals surface area contributed by atoms with Crippen LogP contribution in [0.5, 0.6) is 0 Å². The van der Waals surface area contributed by atoms with Gasteiger partial charge in [0.15, 0.2) is 0 Å². The van der Waals surface area contributed by atoms with Gasteiger partial charge in [-0.2, -0.15) is 0 Å². The molecule has 1 saturated carbocycles. The average molecular weight is 343 g/mol. The lowest BCUT2D eigenvalue weighted by Crippen LogP contribution is -2.48. The first kappa shape index (κ1) is 15.2. The van der Waals surface area contributed by atoms with Gasteiger partial charge in [-0.3, -0.25) is 0 Å². The van der Waals surface area contributed by atoms with E-state index in [0.717, 1.165) is 32.1 Å². The van der Waals surface area contributed by atoms with Crippen LogP contribution in [0.2, 0.25) is 0 Å². The third kappa shape index (κ3) is 2.08. The summed E-state index contributed by atoms with van der Waals surface area (Å²) in [6.07, 6.45) is 10.6. The van der Waals surface area contributed by atoms with Gasteiger partial charge < -0.3 is 0 Å². The fraction of sp³-hybridized carbons (Fsp3) is 0.600. The molecule has 1 saturated heterocycles. The van der Waals surface area contributed by atoms with Gasteiger partial charge in [0, 0.05) is 13.1 Å². The number of aryl methyl sites for hydroxylation is 1. The summed E-state index contributed by atoms with van der Waals surface area (Å²) in [5, 5.41) is -0.155. The van der Waals surface area contributed by atoms with E-state index in [1.807, 2.05) is 4.31 Å². The normalized spacial score (nSPS) is 34.1. The van der Waals surface area contributed by atoms with Crippen molar-refractivity contribution in [1.29, 1.82) is 0 Å². The van der Waals surface area contributed by atoms with Crippen molar-refractivity contribution in [1.82, 2.24) is 4.31 Å². The Morgan fingerprint density at radius 2 is 1.79 bits per heavy atom. The fourth-order valence-electron chi connectivity index (χ4n) is 5.72. The van der Waals surface area contributed by atoms with Crippen molar-refractivity contribution in [2.75, 3.05) is 13.1 Å². The SMILES string of the molecule is O=S(=O)(C1CC2C=CC1C2)N1CCC2(CCc3ccccc32)CC1. The number of sulfonamides is 1. The van der Waals surface area contributed by atoms with Gasteiger partial charge in [-0.25, -0.2) is 12.7 Å². The van der Waals surface area contributed by atoms with Crippen LogP contribution in [-0.4, -0.2) is 31.1 Å². The van der Waals surface area contributed by atoms with Crippen molar-refractivity contribution in [2.24, 2.45) is 11.8 Å². The second kappa shape index (κ2) is 5.18. The van der Waals surface area contributed by atoms with Gasteiger partial charge >= 0.3 is 0 Å². The Morgan fingerprint density at radius 1 is 1.00 bits per heavy atom. The summed E-state index contributed by atoms with van der Waals surface area (Å²) in [6.45, 7) is 1.41. The Balaban J connectivity index is 1.35. The molecular formula is C20H25NO2S. The van der Waals surface area contributed by atoms with Crippen LogP contribution in [0.4, 0.5) is 0 Å². The fourth-order valence-corrected chi connectivity index (χ4v) is 7.93. The molecule has 0 N–H and O–H groups in total. The number of piperidine rings is 1. The predicted molar refractivity (Wildman–Crippen MR) is 95.3 cm³/mol. The van der Waals surface area contributed by atoms with Crippen LogP contribution < -0.4 is 0 Å². The molecule has 3 unspecified atom stereocenters. The van der Waals surface area contributed by atoms with Gasteiger partial charge in [0.2, 0.25) is 10.0 Å². The summed E-state index contributed by atoms with van der Waals surface area (Å²) < 4.78 is 28.1. The maximum atomic E-state index is 13.1. The van der Waals surface area contributed by atoms with Crippen molar-refractivity contribution in [3.8, 4) is 0 Å². The number of hydrogen-bond donors (Lipinski definition) is 0. The predicted octanol–water partition coefficient (Wildman–Crippen LogP) is 3.26. The molecule has 3 atom stereocenters. The van der Waals surface area contributed by atoms with E-state index >= 15 is 0 Å². The van der Waals surface area contributed by atoms with Gasteiger partial charge in [-0.1, -0.05) is 36.4 Å². The Hall–Kier alpha value is -1.13. The Kier molecular flexibility index (Phi) is 3.27. The standard InChI is InChI=1S/C20H25NO2S/c22-24(23,19-14-15-5-6-17(19)13-15)21-11-9-20(10-12-21)8-7-16-3-1-2-4-18(16)20/h1-6,15,17,19H,7-14H2. The van der Waals surface area contributed by atoms with E-state index in [4.69, 9.17) is 0 Å². The lowest BCUT2D eigenvalue weighted by Gasteiger charge is -2.41. The second-order valence-corrected chi connectivity index (χ2v) is 10.4. The topological polar surface area (TPSA) is 37.4 Å². The van der Waals surface area contributed by atoms with Crippen LogP contribution in [0.1, 0.15) is 43.2 Å². The molecule has 4 heteroatoms. The van der Waals surface area contributed by atoms with Crippen molar-refractivity contribution in [2.45, 2.75) is 49.2 Å². The quantitative estimate of drug-likeness (QED) is 0.773. The minimum absolute atomic E-state index is 0.155.